The van der Waals surface area contributed by atoms with Crippen molar-refractivity contribution in [2.45, 2.75) is 33.2 Å². The molecule has 0 spiro atoms. The molecule has 6 nitrogen and oxygen atoms in total. The predicted octanol–water partition coefficient (Wildman–Crippen LogP) is 2.43. The molecule has 0 aliphatic heterocycles. The van der Waals surface area contributed by atoms with E-state index in [-0.39, 0.29) is 23.7 Å². The van der Waals surface area contributed by atoms with E-state index in [4.69, 9.17) is 4.74 Å². The van der Waals surface area contributed by atoms with E-state index in [0.29, 0.717) is 30.4 Å². The second-order valence-electron chi connectivity index (χ2n) is 5.94. The van der Waals surface area contributed by atoms with Crippen molar-refractivity contribution in [1.82, 2.24) is 20.1 Å². The number of rotatable bonds is 7. The van der Waals surface area contributed by atoms with Gasteiger partial charge in [0.2, 0.25) is 5.91 Å². The molecule has 24 heavy (non-hydrogen) atoms. The first-order chi connectivity index (χ1) is 11.4. The molecule has 0 aliphatic rings. The molecule has 1 aromatic heterocycles. The Morgan fingerprint density at radius 3 is 2.75 bits per heavy atom. The van der Waals surface area contributed by atoms with Gasteiger partial charge in [0.1, 0.15) is 5.82 Å². The molecule has 0 bridgehead atoms. The fraction of sp³-hybridized carbons (Fsp3) is 0.471. The van der Waals surface area contributed by atoms with Crippen LogP contribution in [0.4, 0.5) is 4.39 Å². The van der Waals surface area contributed by atoms with E-state index in [1.165, 1.54) is 19.1 Å². The van der Waals surface area contributed by atoms with Gasteiger partial charge in [0.25, 0.3) is 0 Å². The summed E-state index contributed by atoms with van der Waals surface area (Å²) in [4.78, 5) is 16.1. The van der Waals surface area contributed by atoms with Crippen LogP contribution in [0.15, 0.2) is 24.3 Å². The molecule has 0 fully saturated rings. The van der Waals surface area contributed by atoms with E-state index >= 15 is 0 Å². The van der Waals surface area contributed by atoms with Gasteiger partial charge < -0.3 is 10.1 Å². The van der Waals surface area contributed by atoms with Crippen LogP contribution in [0.25, 0.3) is 5.69 Å². The van der Waals surface area contributed by atoms with Crippen molar-refractivity contribution in [3.63, 3.8) is 0 Å². The zero-order valence-corrected chi connectivity index (χ0v) is 14.4. The number of hydrogen-bond donors (Lipinski definition) is 1. The fourth-order valence-corrected chi connectivity index (χ4v) is 2.42. The molecule has 1 atom stereocenters. The van der Waals surface area contributed by atoms with E-state index < -0.39 is 0 Å². The number of halogens is 1. The third-order valence-electron chi connectivity index (χ3n) is 3.56. The minimum atomic E-state index is -0.354. The van der Waals surface area contributed by atoms with Gasteiger partial charge in [0.05, 0.1) is 18.3 Å². The molecule has 0 saturated heterocycles. The lowest BCUT2D eigenvalue weighted by Crippen LogP contribution is -2.32. The van der Waals surface area contributed by atoms with Crippen molar-refractivity contribution < 1.29 is 13.9 Å². The molecule has 0 saturated carbocycles. The smallest absolute Gasteiger partial charge is 0.217 e. The summed E-state index contributed by atoms with van der Waals surface area (Å²) in [6.07, 6.45) is 0.538. The molecule has 0 radical (unpaired) electrons. The monoisotopic (exact) mass is 334 g/mol. The first-order valence-electron chi connectivity index (χ1n) is 7.90. The summed E-state index contributed by atoms with van der Waals surface area (Å²) in [6.45, 7) is 5.92. The van der Waals surface area contributed by atoms with Crippen molar-refractivity contribution in [3.05, 3.63) is 41.7 Å². The molecule has 2 rings (SSSR count). The van der Waals surface area contributed by atoms with Gasteiger partial charge in [-0.25, -0.2) is 14.1 Å². The Morgan fingerprint density at radius 2 is 2.17 bits per heavy atom. The summed E-state index contributed by atoms with van der Waals surface area (Å²) in [5, 5.41) is 7.38. The van der Waals surface area contributed by atoms with E-state index in [1.54, 1.807) is 23.9 Å². The van der Waals surface area contributed by atoms with Gasteiger partial charge >= 0.3 is 0 Å². The maximum absolute atomic E-state index is 13.6. The number of ether oxygens (including phenoxy) is 1. The topological polar surface area (TPSA) is 69.0 Å². The number of amides is 1. The third-order valence-corrected chi connectivity index (χ3v) is 3.56. The van der Waals surface area contributed by atoms with E-state index in [1.807, 2.05) is 13.8 Å². The number of nitrogens with zero attached hydrogens (tertiary/aromatic N) is 3. The SMILES string of the molecule is COCCc1nc(C(NC(C)=O)C(C)C)n(-c2cccc(F)c2)n1. The van der Waals surface area contributed by atoms with Crippen LogP contribution in [-0.2, 0) is 16.0 Å². The Kier molecular flexibility index (Phi) is 6.03. The van der Waals surface area contributed by atoms with Crippen LogP contribution >= 0.6 is 0 Å². The fourth-order valence-electron chi connectivity index (χ4n) is 2.42. The highest BCUT2D eigenvalue weighted by atomic mass is 19.1. The maximum Gasteiger partial charge on any atom is 0.217 e. The Balaban J connectivity index is 2.50. The van der Waals surface area contributed by atoms with E-state index in [2.05, 4.69) is 15.4 Å². The van der Waals surface area contributed by atoms with Crippen LogP contribution in [0.1, 0.15) is 38.5 Å². The molecule has 1 N–H and O–H groups in total. The summed E-state index contributed by atoms with van der Waals surface area (Å²) < 4.78 is 20.3. The van der Waals surface area contributed by atoms with Gasteiger partial charge in [0, 0.05) is 20.5 Å². The second kappa shape index (κ2) is 8.01. The number of carbonyl (C=O) groups excluding carboxylic acids is 1. The quantitative estimate of drug-likeness (QED) is 0.844. The molecule has 2 aromatic rings. The molecule has 1 aromatic carbocycles. The second-order valence-corrected chi connectivity index (χ2v) is 5.94. The van der Waals surface area contributed by atoms with Crippen LogP contribution in [0, 0.1) is 11.7 Å². The van der Waals surface area contributed by atoms with Crippen LogP contribution < -0.4 is 5.32 Å². The maximum atomic E-state index is 13.6. The lowest BCUT2D eigenvalue weighted by Gasteiger charge is -2.21. The standard InChI is InChI=1S/C17H23FN4O2/c1-11(2)16(19-12(3)23)17-20-15(8-9-24-4)21-22(17)14-7-5-6-13(18)10-14/h5-7,10-11,16H,8-9H2,1-4H3,(H,19,23). The van der Waals surface area contributed by atoms with Crippen molar-refractivity contribution in [2.24, 2.45) is 5.92 Å². The van der Waals surface area contributed by atoms with Gasteiger partial charge in [-0.1, -0.05) is 19.9 Å². The molecular weight excluding hydrogens is 311 g/mol. The van der Waals surface area contributed by atoms with Crippen LogP contribution in [0.3, 0.4) is 0 Å². The normalized spacial score (nSPS) is 12.4. The van der Waals surface area contributed by atoms with Crippen LogP contribution in [0.5, 0.6) is 0 Å². The molecular formula is C17H23FN4O2. The van der Waals surface area contributed by atoms with E-state index in [9.17, 15) is 9.18 Å². The Bertz CT molecular complexity index is 700. The molecule has 0 aliphatic carbocycles. The van der Waals surface area contributed by atoms with Crippen molar-refractivity contribution >= 4 is 5.91 Å². The molecule has 7 heteroatoms. The Morgan fingerprint density at radius 1 is 1.42 bits per heavy atom. The van der Waals surface area contributed by atoms with Crippen molar-refractivity contribution in [2.75, 3.05) is 13.7 Å². The molecule has 1 amide bonds. The highest BCUT2D eigenvalue weighted by Gasteiger charge is 2.25. The predicted molar refractivity (Wildman–Crippen MR) is 88.3 cm³/mol. The lowest BCUT2D eigenvalue weighted by atomic mass is 10.0. The van der Waals surface area contributed by atoms with Crippen molar-refractivity contribution in [1.29, 1.82) is 0 Å². The minimum Gasteiger partial charge on any atom is -0.384 e. The molecule has 1 unspecified atom stereocenters. The highest BCUT2D eigenvalue weighted by molar-refractivity contribution is 5.73. The molecule has 130 valence electrons. The van der Waals surface area contributed by atoms with Gasteiger partial charge in [-0.2, -0.15) is 5.10 Å². The Labute approximate surface area is 141 Å². The van der Waals surface area contributed by atoms with Gasteiger partial charge in [0.15, 0.2) is 11.6 Å². The average Bonchev–Trinajstić information content (AvgIpc) is 2.94. The zero-order valence-electron chi connectivity index (χ0n) is 14.4. The largest absolute Gasteiger partial charge is 0.384 e. The number of carbonyl (C=O) groups is 1. The van der Waals surface area contributed by atoms with Crippen LogP contribution in [0.2, 0.25) is 0 Å². The Hall–Kier alpha value is -2.28. The summed E-state index contributed by atoms with van der Waals surface area (Å²) in [5.74, 6) is 0.763. The summed E-state index contributed by atoms with van der Waals surface area (Å²) in [6, 6.07) is 5.82. The van der Waals surface area contributed by atoms with Gasteiger partial charge in [-0.05, 0) is 24.1 Å². The number of aromatic nitrogens is 3. The number of nitrogens with one attached hydrogen (secondary N) is 1. The summed E-state index contributed by atoms with van der Waals surface area (Å²) in [5.41, 5.74) is 0.567. The number of benzene rings is 1. The molecule has 1 heterocycles. The highest BCUT2D eigenvalue weighted by Crippen LogP contribution is 2.23. The summed E-state index contributed by atoms with van der Waals surface area (Å²) in [7, 11) is 1.61. The lowest BCUT2D eigenvalue weighted by molar-refractivity contribution is -0.120. The van der Waals surface area contributed by atoms with Gasteiger partial charge in [-0.15, -0.1) is 0 Å². The summed E-state index contributed by atoms with van der Waals surface area (Å²) >= 11 is 0. The first kappa shape index (κ1) is 18.1. The number of methoxy groups -OCH3 is 1. The minimum absolute atomic E-state index is 0.0979. The van der Waals surface area contributed by atoms with Crippen LogP contribution in [-0.4, -0.2) is 34.4 Å². The zero-order chi connectivity index (χ0) is 17.7. The van der Waals surface area contributed by atoms with Crippen molar-refractivity contribution in [3.8, 4) is 5.69 Å². The number of hydrogen-bond acceptors (Lipinski definition) is 4. The first-order valence-corrected chi connectivity index (χ1v) is 7.90. The third kappa shape index (κ3) is 4.38. The average molecular weight is 334 g/mol. The van der Waals surface area contributed by atoms with Gasteiger partial charge in [-0.3, -0.25) is 4.79 Å². The van der Waals surface area contributed by atoms with E-state index in [0.717, 1.165) is 0 Å².